The number of aromatic nitrogens is 2. The van der Waals surface area contributed by atoms with E-state index in [1.54, 1.807) is 37.0 Å². The molecule has 0 atom stereocenters. The molecule has 0 spiro atoms. The van der Waals surface area contributed by atoms with Gasteiger partial charge < -0.3 is 10.5 Å². The third kappa shape index (κ3) is 3.53. The highest BCUT2D eigenvalue weighted by molar-refractivity contribution is 7.92. The molecule has 0 bridgehead atoms. The Hall–Kier alpha value is -2.06. The van der Waals surface area contributed by atoms with E-state index in [0.29, 0.717) is 30.1 Å². The lowest BCUT2D eigenvalue weighted by atomic mass is 10.2. The average Bonchev–Trinajstić information content (AvgIpc) is 2.86. The number of nitrogen functional groups attached to an aromatic ring is 1. The molecule has 21 heavy (non-hydrogen) atoms. The molecule has 0 unspecified atom stereocenters. The van der Waals surface area contributed by atoms with Crippen molar-refractivity contribution in [2.45, 2.75) is 18.4 Å². The van der Waals surface area contributed by atoms with Gasteiger partial charge in [0.15, 0.2) is 0 Å². The van der Waals surface area contributed by atoms with Crippen LogP contribution in [-0.4, -0.2) is 31.9 Å². The fraction of sp³-hybridized carbons (Fsp3) is 0.308. The lowest BCUT2D eigenvalue weighted by Crippen LogP contribution is -2.14. The molecule has 0 amide bonds. The largest absolute Gasteiger partial charge is 0.398 e. The molecule has 0 aliphatic heterocycles. The van der Waals surface area contributed by atoms with Crippen LogP contribution in [0, 0.1) is 6.92 Å². The molecule has 0 radical (unpaired) electrons. The number of ether oxygens (including phenoxy) is 1. The Morgan fingerprint density at radius 3 is 2.90 bits per heavy atom. The molecule has 0 aliphatic rings. The molecule has 2 aromatic rings. The zero-order valence-electron chi connectivity index (χ0n) is 11.9. The predicted molar refractivity (Wildman–Crippen MR) is 80.5 cm³/mol. The minimum Gasteiger partial charge on any atom is -0.398 e. The smallest absolute Gasteiger partial charge is 0.262 e. The van der Waals surface area contributed by atoms with Crippen molar-refractivity contribution in [3.05, 3.63) is 36.2 Å². The molecule has 1 aromatic carbocycles. The van der Waals surface area contributed by atoms with Gasteiger partial charge in [0, 0.05) is 19.0 Å². The van der Waals surface area contributed by atoms with Crippen LogP contribution in [0.2, 0.25) is 0 Å². The van der Waals surface area contributed by atoms with E-state index in [9.17, 15) is 8.42 Å². The van der Waals surface area contributed by atoms with Gasteiger partial charge in [0.1, 0.15) is 0 Å². The summed E-state index contributed by atoms with van der Waals surface area (Å²) in [7, 11) is -2.10. The zero-order valence-corrected chi connectivity index (χ0v) is 12.7. The third-order valence-corrected chi connectivity index (χ3v) is 4.55. The van der Waals surface area contributed by atoms with Gasteiger partial charge >= 0.3 is 0 Å². The number of nitrogens with zero attached hydrogens (tertiary/aromatic N) is 2. The van der Waals surface area contributed by atoms with Crippen LogP contribution in [0.3, 0.4) is 0 Å². The van der Waals surface area contributed by atoms with Crippen LogP contribution < -0.4 is 10.5 Å². The first-order valence-electron chi connectivity index (χ1n) is 6.33. The number of anilines is 2. The second kappa shape index (κ2) is 6.15. The van der Waals surface area contributed by atoms with Crippen LogP contribution in [0.5, 0.6) is 0 Å². The van der Waals surface area contributed by atoms with Crippen LogP contribution in [-0.2, 0) is 21.3 Å². The molecular weight excluding hydrogens is 292 g/mol. The van der Waals surface area contributed by atoms with Gasteiger partial charge in [-0.05, 0) is 24.6 Å². The van der Waals surface area contributed by atoms with E-state index in [4.69, 9.17) is 10.5 Å². The molecule has 0 fully saturated rings. The van der Waals surface area contributed by atoms with Crippen molar-refractivity contribution in [2.75, 3.05) is 24.2 Å². The zero-order chi connectivity index (χ0) is 15.5. The van der Waals surface area contributed by atoms with Crippen LogP contribution in [0.1, 0.15) is 5.56 Å². The van der Waals surface area contributed by atoms with Crippen molar-refractivity contribution in [2.24, 2.45) is 0 Å². The van der Waals surface area contributed by atoms with Crippen LogP contribution in [0.25, 0.3) is 0 Å². The summed E-state index contributed by atoms with van der Waals surface area (Å²) in [6.07, 6.45) is 3.06. The van der Waals surface area contributed by atoms with Crippen molar-refractivity contribution in [1.29, 1.82) is 0 Å². The number of hydrogen-bond acceptors (Lipinski definition) is 5. The quantitative estimate of drug-likeness (QED) is 0.782. The van der Waals surface area contributed by atoms with Gasteiger partial charge in [-0.2, -0.15) is 5.10 Å². The Bertz CT molecular complexity index is 725. The first-order chi connectivity index (χ1) is 9.94. The van der Waals surface area contributed by atoms with E-state index in [1.807, 2.05) is 0 Å². The molecule has 0 saturated heterocycles. The summed E-state index contributed by atoms with van der Waals surface area (Å²) in [5.74, 6) is 0. The fourth-order valence-electron chi connectivity index (χ4n) is 1.86. The van der Waals surface area contributed by atoms with Gasteiger partial charge in [0.25, 0.3) is 10.0 Å². The molecule has 0 saturated carbocycles. The highest BCUT2D eigenvalue weighted by atomic mass is 32.2. The number of nitrogens with one attached hydrogen (secondary N) is 1. The van der Waals surface area contributed by atoms with Crippen LogP contribution in [0.4, 0.5) is 11.4 Å². The maximum atomic E-state index is 12.4. The maximum absolute atomic E-state index is 12.4. The first-order valence-corrected chi connectivity index (χ1v) is 7.81. The van der Waals surface area contributed by atoms with Crippen molar-refractivity contribution in [3.63, 3.8) is 0 Å². The van der Waals surface area contributed by atoms with Gasteiger partial charge in [-0.1, -0.05) is 6.07 Å². The predicted octanol–water partition coefficient (Wildman–Crippen LogP) is 1.22. The summed E-state index contributed by atoms with van der Waals surface area (Å²) in [5.41, 5.74) is 7.11. The highest BCUT2D eigenvalue weighted by Crippen LogP contribution is 2.22. The number of methoxy groups -OCH3 is 1. The van der Waals surface area contributed by atoms with Gasteiger partial charge in [-0.3, -0.25) is 9.40 Å². The van der Waals surface area contributed by atoms with Crippen LogP contribution >= 0.6 is 0 Å². The normalized spacial score (nSPS) is 11.5. The Labute approximate surface area is 123 Å². The monoisotopic (exact) mass is 310 g/mol. The maximum Gasteiger partial charge on any atom is 0.262 e. The standard InChI is InChI=1S/C13H18N4O3S/c1-10-12(14)4-3-5-13(10)21(18,19)16-11-8-15-17(9-11)6-7-20-2/h3-5,8-9,16H,6-7,14H2,1-2H3. The van der Waals surface area contributed by atoms with E-state index >= 15 is 0 Å². The average molecular weight is 310 g/mol. The number of rotatable bonds is 6. The van der Waals surface area contributed by atoms with Crippen molar-refractivity contribution >= 4 is 21.4 Å². The van der Waals surface area contributed by atoms with Crippen molar-refractivity contribution < 1.29 is 13.2 Å². The Morgan fingerprint density at radius 2 is 2.19 bits per heavy atom. The first kappa shape index (κ1) is 15.3. The molecule has 114 valence electrons. The van der Waals surface area contributed by atoms with Crippen molar-refractivity contribution in [3.8, 4) is 0 Å². The number of hydrogen-bond donors (Lipinski definition) is 2. The van der Waals surface area contributed by atoms with Crippen LogP contribution in [0.15, 0.2) is 35.5 Å². The molecule has 1 heterocycles. The summed E-state index contributed by atoms with van der Waals surface area (Å²) >= 11 is 0. The lowest BCUT2D eigenvalue weighted by molar-refractivity contribution is 0.183. The number of nitrogens with two attached hydrogens (primary N) is 1. The second-order valence-corrected chi connectivity index (χ2v) is 6.21. The SMILES string of the molecule is COCCn1cc(NS(=O)(=O)c2cccc(N)c2C)cn1. The topological polar surface area (TPSA) is 99.2 Å². The molecule has 3 N–H and O–H groups in total. The van der Waals surface area contributed by atoms with Gasteiger partial charge in [0.05, 0.1) is 29.9 Å². The Morgan fingerprint density at radius 1 is 1.43 bits per heavy atom. The lowest BCUT2D eigenvalue weighted by Gasteiger charge is -2.10. The molecule has 8 heteroatoms. The fourth-order valence-corrected chi connectivity index (χ4v) is 3.16. The van der Waals surface area contributed by atoms with Gasteiger partial charge in [0.2, 0.25) is 0 Å². The van der Waals surface area contributed by atoms with Gasteiger partial charge in [-0.25, -0.2) is 8.42 Å². The van der Waals surface area contributed by atoms with E-state index < -0.39 is 10.0 Å². The van der Waals surface area contributed by atoms with Gasteiger partial charge in [-0.15, -0.1) is 0 Å². The minimum atomic E-state index is -3.69. The summed E-state index contributed by atoms with van der Waals surface area (Å²) in [6.45, 7) is 2.73. The summed E-state index contributed by atoms with van der Waals surface area (Å²) < 4.78 is 33.8. The molecule has 7 nitrogen and oxygen atoms in total. The van der Waals surface area contributed by atoms with E-state index in [-0.39, 0.29) is 4.90 Å². The Balaban J connectivity index is 2.21. The minimum absolute atomic E-state index is 0.159. The second-order valence-electron chi connectivity index (χ2n) is 4.56. The molecule has 2 rings (SSSR count). The molecular formula is C13H18N4O3S. The van der Waals surface area contributed by atoms with E-state index in [1.165, 1.54) is 12.3 Å². The third-order valence-electron chi connectivity index (χ3n) is 3.03. The molecule has 0 aliphatic carbocycles. The number of sulfonamides is 1. The summed E-state index contributed by atoms with van der Waals surface area (Å²) in [5, 5.41) is 4.06. The highest BCUT2D eigenvalue weighted by Gasteiger charge is 2.18. The molecule has 1 aromatic heterocycles. The summed E-state index contributed by atoms with van der Waals surface area (Å²) in [4.78, 5) is 0.159. The van der Waals surface area contributed by atoms with E-state index in [2.05, 4.69) is 9.82 Å². The Kier molecular flexibility index (Phi) is 4.49. The summed E-state index contributed by atoms with van der Waals surface area (Å²) in [6, 6.07) is 4.79. The van der Waals surface area contributed by atoms with Crippen molar-refractivity contribution in [1.82, 2.24) is 9.78 Å². The van der Waals surface area contributed by atoms with E-state index in [0.717, 1.165) is 0 Å². The number of benzene rings is 1.